The maximum atomic E-state index is 12.5. The van der Waals surface area contributed by atoms with Gasteiger partial charge in [-0.15, -0.1) is 13.2 Å². The molecule has 0 unspecified atom stereocenters. The summed E-state index contributed by atoms with van der Waals surface area (Å²) in [6.45, 7) is 0. The summed E-state index contributed by atoms with van der Waals surface area (Å²) in [6.07, 6.45) is -2.14. The minimum atomic E-state index is -4.72. The SMILES string of the molecule is O=C(CBr)CC1(c2ccccc2OC(F)(F)F)CCC1. The predicted octanol–water partition coefficient (Wildman–Crippen LogP) is 4.36. The van der Waals surface area contributed by atoms with Crippen molar-refractivity contribution in [3.05, 3.63) is 29.8 Å². The van der Waals surface area contributed by atoms with Crippen LogP contribution in [0, 0.1) is 0 Å². The summed E-state index contributed by atoms with van der Waals surface area (Å²) < 4.78 is 41.5. The molecule has 0 atom stereocenters. The Hall–Kier alpha value is -1.04. The Morgan fingerprint density at radius 1 is 1.30 bits per heavy atom. The molecule has 1 fully saturated rings. The van der Waals surface area contributed by atoms with Crippen molar-refractivity contribution in [3.8, 4) is 5.75 Å². The zero-order valence-electron chi connectivity index (χ0n) is 10.7. The molecule has 0 aliphatic heterocycles. The molecular weight excluding hydrogens is 337 g/mol. The van der Waals surface area contributed by atoms with Crippen LogP contribution in [0.2, 0.25) is 0 Å². The second kappa shape index (κ2) is 5.76. The van der Waals surface area contributed by atoms with Crippen molar-refractivity contribution in [3.63, 3.8) is 0 Å². The van der Waals surface area contributed by atoms with Crippen LogP contribution in [0.3, 0.4) is 0 Å². The van der Waals surface area contributed by atoms with Gasteiger partial charge in [0, 0.05) is 17.4 Å². The fraction of sp³-hybridized carbons (Fsp3) is 0.500. The van der Waals surface area contributed by atoms with Crippen LogP contribution in [0.15, 0.2) is 24.3 Å². The summed E-state index contributed by atoms with van der Waals surface area (Å²) in [7, 11) is 0. The summed E-state index contributed by atoms with van der Waals surface area (Å²) in [5.41, 5.74) is -0.0231. The molecule has 1 aromatic rings. The summed E-state index contributed by atoms with van der Waals surface area (Å²) in [5.74, 6) is -0.200. The van der Waals surface area contributed by atoms with Crippen LogP contribution in [0.5, 0.6) is 5.75 Å². The molecule has 6 heteroatoms. The van der Waals surface area contributed by atoms with E-state index < -0.39 is 11.8 Å². The largest absolute Gasteiger partial charge is 0.573 e. The molecule has 0 spiro atoms. The van der Waals surface area contributed by atoms with E-state index in [2.05, 4.69) is 20.7 Å². The number of ether oxygens (including phenoxy) is 1. The number of ketones is 1. The van der Waals surface area contributed by atoms with Crippen molar-refractivity contribution in [2.75, 3.05) is 5.33 Å². The average Bonchev–Trinajstić information content (AvgIpc) is 2.32. The second-order valence-electron chi connectivity index (χ2n) is 5.03. The first-order chi connectivity index (χ1) is 9.36. The quantitative estimate of drug-likeness (QED) is 0.737. The molecule has 0 heterocycles. The van der Waals surface area contributed by atoms with Crippen LogP contribution in [-0.2, 0) is 10.2 Å². The fourth-order valence-corrected chi connectivity index (χ4v) is 2.89. The van der Waals surface area contributed by atoms with Crippen LogP contribution in [-0.4, -0.2) is 17.5 Å². The van der Waals surface area contributed by atoms with Gasteiger partial charge in [-0.1, -0.05) is 40.5 Å². The Balaban J connectivity index is 2.32. The van der Waals surface area contributed by atoms with Gasteiger partial charge in [-0.2, -0.15) is 0 Å². The first-order valence-corrected chi connectivity index (χ1v) is 7.41. The first kappa shape index (κ1) is 15.4. The van der Waals surface area contributed by atoms with E-state index in [1.165, 1.54) is 12.1 Å². The fourth-order valence-electron chi connectivity index (χ4n) is 2.69. The van der Waals surface area contributed by atoms with E-state index in [0.717, 1.165) is 6.42 Å². The number of alkyl halides is 4. The molecular formula is C14H14BrF3O2. The first-order valence-electron chi connectivity index (χ1n) is 6.29. The van der Waals surface area contributed by atoms with Crippen molar-refractivity contribution < 1.29 is 22.7 Å². The normalized spacial score (nSPS) is 17.4. The highest BCUT2D eigenvalue weighted by Crippen LogP contribution is 2.50. The molecule has 0 bridgehead atoms. The molecule has 0 N–H and O–H groups in total. The van der Waals surface area contributed by atoms with Gasteiger partial charge < -0.3 is 4.74 Å². The third kappa shape index (κ3) is 3.34. The van der Waals surface area contributed by atoms with E-state index in [4.69, 9.17) is 0 Å². The van der Waals surface area contributed by atoms with Crippen molar-refractivity contribution >= 4 is 21.7 Å². The van der Waals surface area contributed by atoms with Gasteiger partial charge in [-0.05, 0) is 18.9 Å². The number of rotatable bonds is 5. The molecule has 0 aromatic heterocycles. The van der Waals surface area contributed by atoms with E-state index in [1.54, 1.807) is 12.1 Å². The average molecular weight is 351 g/mol. The summed E-state index contributed by atoms with van der Waals surface area (Å²) in [6, 6.07) is 6.11. The lowest BCUT2D eigenvalue weighted by Crippen LogP contribution is -2.37. The third-order valence-corrected chi connectivity index (χ3v) is 4.30. The van der Waals surface area contributed by atoms with Crippen molar-refractivity contribution in [1.29, 1.82) is 0 Å². The Morgan fingerprint density at radius 3 is 2.45 bits per heavy atom. The molecule has 0 saturated heterocycles. The van der Waals surface area contributed by atoms with Gasteiger partial charge in [0.25, 0.3) is 0 Å². The maximum absolute atomic E-state index is 12.5. The number of halogens is 4. The molecule has 0 radical (unpaired) electrons. The van der Waals surface area contributed by atoms with Crippen LogP contribution < -0.4 is 4.74 Å². The lowest BCUT2D eigenvalue weighted by atomic mass is 9.61. The van der Waals surface area contributed by atoms with Gasteiger partial charge in [0.05, 0.1) is 5.33 Å². The molecule has 2 rings (SSSR count). The number of Topliss-reactive ketones (excluding diaryl/α,β-unsaturated/α-hetero) is 1. The van der Waals surface area contributed by atoms with Crippen LogP contribution in [0.1, 0.15) is 31.2 Å². The maximum Gasteiger partial charge on any atom is 0.573 e. The lowest BCUT2D eigenvalue weighted by Gasteiger charge is -2.42. The number of para-hydroxylation sites is 1. The Morgan fingerprint density at radius 2 is 1.95 bits per heavy atom. The van der Waals surface area contributed by atoms with Gasteiger partial charge >= 0.3 is 6.36 Å². The molecule has 0 amide bonds. The molecule has 110 valence electrons. The summed E-state index contributed by atoms with van der Waals surface area (Å²) in [4.78, 5) is 11.7. The lowest BCUT2D eigenvalue weighted by molar-refractivity contribution is -0.275. The van der Waals surface area contributed by atoms with E-state index in [0.29, 0.717) is 18.4 Å². The van der Waals surface area contributed by atoms with Gasteiger partial charge in [-0.25, -0.2) is 0 Å². The molecule has 2 nitrogen and oxygen atoms in total. The van der Waals surface area contributed by atoms with Crippen LogP contribution >= 0.6 is 15.9 Å². The number of carbonyl (C=O) groups excluding carboxylic acids is 1. The highest BCUT2D eigenvalue weighted by molar-refractivity contribution is 9.09. The zero-order chi connectivity index (χ0) is 14.8. The Bertz CT molecular complexity index is 495. The van der Waals surface area contributed by atoms with Gasteiger partial charge in [-0.3, -0.25) is 4.79 Å². The molecule has 20 heavy (non-hydrogen) atoms. The monoisotopic (exact) mass is 350 g/mol. The number of hydrogen-bond acceptors (Lipinski definition) is 2. The Kier molecular flexibility index (Phi) is 4.42. The van der Waals surface area contributed by atoms with Gasteiger partial charge in [0.2, 0.25) is 0 Å². The van der Waals surface area contributed by atoms with E-state index >= 15 is 0 Å². The molecule has 1 saturated carbocycles. The number of hydrogen-bond donors (Lipinski definition) is 0. The molecule has 1 aliphatic carbocycles. The standard InChI is InChI=1S/C14H14BrF3O2/c15-9-10(19)8-13(6-3-7-13)11-4-1-2-5-12(11)20-14(16,17)18/h1-2,4-5H,3,6-9H2. The van der Waals surface area contributed by atoms with Gasteiger partial charge in [0.1, 0.15) is 11.5 Å². The zero-order valence-corrected chi connectivity index (χ0v) is 12.3. The highest BCUT2D eigenvalue weighted by Gasteiger charge is 2.43. The number of carbonyl (C=O) groups is 1. The summed E-state index contributed by atoms with van der Waals surface area (Å²) in [5, 5.41) is 0.219. The smallest absolute Gasteiger partial charge is 0.405 e. The van der Waals surface area contributed by atoms with Crippen LogP contribution in [0.4, 0.5) is 13.2 Å². The topological polar surface area (TPSA) is 26.3 Å². The third-order valence-electron chi connectivity index (χ3n) is 3.68. The minimum absolute atomic E-state index is 0.00786. The van der Waals surface area contributed by atoms with Crippen molar-refractivity contribution in [1.82, 2.24) is 0 Å². The van der Waals surface area contributed by atoms with Crippen molar-refractivity contribution in [2.45, 2.75) is 37.5 Å². The summed E-state index contributed by atoms with van der Waals surface area (Å²) >= 11 is 3.10. The highest BCUT2D eigenvalue weighted by atomic mass is 79.9. The second-order valence-corrected chi connectivity index (χ2v) is 5.59. The Labute approximate surface area is 123 Å². The van der Waals surface area contributed by atoms with E-state index in [9.17, 15) is 18.0 Å². The van der Waals surface area contributed by atoms with E-state index in [1.807, 2.05) is 0 Å². The van der Waals surface area contributed by atoms with E-state index in [-0.39, 0.29) is 23.3 Å². The van der Waals surface area contributed by atoms with Crippen molar-refractivity contribution in [2.24, 2.45) is 0 Å². The minimum Gasteiger partial charge on any atom is -0.405 e. The molecule has 1 aromatic carbocycles. The number of benzene rings is 1. The molecule has 1 aliphatic rings. The van der Waals surface area contributed by atoms with Gasteiger partial charge in [0.15, 0.2) is 0 Å². The van der Waals surface area contributed by atoms with Crippen LogP contribution in [0.25, 0.3) is 0 Å². The predicted molar refractivity (Wildman–Crippen MR) is 72.1 cm³/mol.